The summed E-state index contributed by atoms with van der Waals surface area (Å²) in [5.74, 6) is -3.13. The van der Waals surface area contributed by atoms with Crippen molar-refractivity contribution >= 4 is 64.3 Å². The first-order valence-corrected chi connectivity index (χ1v) is 17.4. The summed E-state index contributed by atoms with van der Waals surface area (Å²) in [6.07, 6.45) is 3.42. The Kier molecular flexibility index (Phi) is 9.13. The molecule has 2 aliphatic rings. The number of rotatable bonds is 8. The highest BCUT2D eigenvalue weighted by Gasteiger charge is 2.38. The Morgan fingerprint density at radius 2 is 1.57 bits per heavy atom. The molecule has 42 heavy (non-hydrogen) atoms. The summed E-state index contributed by atoms with van der Waals surface area (Å²) < 4.78 is 51.7. The van der Waals surface area contributed by atoms with Crippen molar-refractivity contribution < 1.29 is 26.4 Å². The summed E-state index contributed by atoms with van der Waals surface area (Å²) in [6.45, 7) is 1.58. The monoisotopic (exact) mass is 678 g/mol. The van der Waals surface area contributed by atoms with Crippen LogP contribution in [0.15, 0.2) is 71.9 Å². The number of sulfone groups is 1. The molecular formula is C27H31BrN6O6S2. The zero-order valence-electron chi connectivity index (χ0n) is 22.7. The van der Waals surface area contributed by atoms with E-state index < -0.39 is 44.1 Å². The number of carbonyl (C=O) groups is 2. The lowest BCUT2D eigenvalue weighted by molar-refractivity contribution is -0.144. The highest BCUT2D eigenvalue weighted by atomic mass is 79.9. The third kappa shape index (κ3) is 6.92. The lowest BCUT2D eigenvalue weighted by Crippen LogP contribution is -2.58. The number of amides is 2. The maximum absolute atomic E-state index is 13.6. The van der Waals surface area contributed by atoms with E-state index in [9.17, 15) is 26.4 Å². The van der Waals surface area contributed by atoms with Gasteiger partial charge in [0.05, 0.1) is 16.4 Å². The van der Waals surface area contributed by atoms with E-state index in [1.807, 2.05) is 24.3 Å². The van der Waals surface area contributed by atoms with E-state index in [1.165, 1.54) is 17.0 Å². The smallest absolute Gasteiger partial charge is 0.252 e. The minimum atomic E-state index is -4.13. The van der Waals surface area contributed by atoms with Gasteiger partial charge in [-0.25, -0.2) is 21.8 Å². The van der Waals surface area contributed by atoms with E-state index in [0.29, 0.717) is 26.2 Å². The molecule has 12 nitrogen and oxygen atoms in total. The first-order valence-electron chi connectivity index (χ1n) is 13.4. The summed E-state index contributed by atoms with van der Waals surface area (Å²) in [4.78, 5) is 34.7. The molecule has 15 heteroatoms. The zero-order valence-corrected chi connectivity index (χ0v) is 25.9. The number of sulfonamides is 1. The van der Waals surface area contributed by atoms with Crippen LogP contribution in [0.25, 0.3) is 10.8 Å². The van der Waals surface area contributed by atoms with Crippen LogP contribution in [0.5, 0.6) is 0 Å². The van der Waals surface area contributed by atoms with Crippen molar-refractivity contribution in [2.24, 2.45) is 5.92 Å². The molecule has 2 amide bonds. The minimum absolute atomic E-state index is 0.000909. The van der Waals surface area contributed by atoms with E-state index in [2.05, 4.69) is 31.5 Å². The number of hydrogen-bond donors (Lipinski definition) is 1. The van der Waals surface area contributed by atoms with Crippen molar-refractivity contribution in [2.75, 3.05) is 62.2 Å². The van der Waals surface area contributed by atoms with Crippen LogP contribution in [0, 0.1) is 5.92 Å². The van der Waals surface area contributed by atoms with Crippen molar-refractivity contribution in [3.8, 4) is 0 Å². The van der Waals surface area contributed by atoms with Crippen molar-refractivity contribution in [3.05, 3.63) is 67.0 Å². The van der Waals surface area contributed by atoms with Gasteiger partial charge in [0, 0.05) is 80.0 Å². The van der Waals surface area contributed by atoms with Crippen molar-refractivity contribution in [1.29, 1.82) is 0 Å². The van der Waals surface area contributed by atoms with Gasteiger partial charge in [0.1, 0.15) is 5.92 Å². The van der Waals surface area contributed by atoms with Gasteiger partial charge >= 0.3 is 0 Å². The fraction of sp³-hybridized carbons (Fsp3) is 0.370. The molecule has 224 valence electrons. The van der Waals surface area contributed by atoms with Crippen LogP contribution < -0.4 is 10.3 Å². The number of piperazine rings is 1. The standard InChI is InChI=1S/C27H31BrN6O6S2/c28-34(42(39,40)24-6-5-21-3-1-2-4-22(21)19-24)20-25(27(36)32-15-17-41(37,38)18-16-32)26(35)30-33-13-11-31(12-14-33)23-7-9-29-10-8-23/h1-10,19,25H,11-18,20H2,(H,30,35). The van der Waals surface area contributed by atoms with Gasteiger partial charge in [-0.1, -0.05) is 30.3 Å². The number of halogens is 1. The fourth-order valence-electron chi connectivity index (χ4n) is 4.98. The summed E-state index contributed by atoms with van der Waals surface area (Å²) >= 11 is 3.11. The molecule has 1 atom stereocenters. The molecule has 3 aromatic rings. The van der Waals surface area contributed by atoms with Gasteiger partial charge < -0.3 is 9.80 Å². The van der Waals surface area contributed by atoms with Crippen molar-refractivity contribution in [1.82, 2.24) is 23.6 Å². The maximum atomic E-state index is 13.6. The minimum Gasteiger partial charge on any atom is -0.369 e. The van der Waals surface area contributed by atoms with E-state index in [-0.39, 0.29) is 29.5 Å². The van der Waals surface area contributed by atoms with Gasteiger partial charge in [0.25, 0.3) is 10.0 Å². The van der Waals surface area contributed by atoms with Gasteiger partial charge in [-0.05, 0) is 35.0 Å². The fourth-order valence-corrected chi connectivity index (χ4v) is 8.06. The molecule has 0 saturated carbocycles. The number of fused-ring (bicyclic) bond motifs is 1. The molecule has 2 aliphatic heterocycles. The van der Waals surface area contributed by atoms with Gasteiger partial charge in [-0.3, -0.25) is 20.0 Å². The Morgan fingerprint density at radius 1 is 0.929 bits per heavy atom. The largest absolute Gasteiger partial charge is 0.369 e. The van der Waals surface area contributed by atoms with E-state index in [1.54, 1.807) is 35.6 Å². The molecule has 0 aliphatic carbocycles. The molecule has 3 heterocycles. The molecule has 2 saturated heterocycles. The van der Waals surface area contributed by atoms with Crippen molar-refractivity contribution in [3.63, 3.8) is 0 Å². The van der Waals surface area contributed by atoms with E-state index in [0.717, 1.165) is 19.8 Å². The Hall–Kier alpha value is -3.11. The average molecular weight is 680 g/mol. The molecule has 2 fully saturated rings. The second-order valence-corrected chi connectivity index (χ2v) is 15.7. The predicted molar refractivity (Wildman–Crippen MR) is 162 cm³/mol. The molecule has 2 aromatic carbocycles. The zero-order chi connectivity index (χ0) is 29.9. The molecule has 0 spiro atoms. The molecule has 1 N–H and O–H groups in total. The summed E-state index contributed by atoms with van der Waals surface area (Å²) in [5.41, 5.74) is 3.81. The van der Waals surface area contributed by atoms with Gasteiger partial charge in [-0.2, -0.15) is 0 Å². The topological polar surface area (TPSA) is 140 Å². The number of carbonyl (C=O) groups excluding carboxylic acids is 2. The summed E-state index contributed by atoms with van der Waals surface area (Å²) in [6, 6.07) is 15.8. The van der Waals surface area contributed by atoms with Crippen LogP contribution in [0.3, 0.4) is 0 Å². The van der Waals surface area contributed by atoms with E-state index in [4.69, 9.17) is 0 Å². The number of aromatic nitrogens is 1. The third-order valence-corrected chi connectivity index (χ3v) is 12.0. The van der Waals surface area contributed by atoms with Crippen LogP contribution >= 0.6 is 16.1 Å². The number of hydrazine groups is 1. The normalized spacial score (nSPS) is 18.6. The number of pyridine rings is 1. The molecule has 1 unspecified atom stereocenters. The van der Waals surface area contributed by atoms with Crippen molar-refractivity contribution in [2.45, 2.75) is 4.90 Å². The third-order valence-electron chi connectivity index (χ3n) is 7.45. The summed E-state index contributed by atoms with van der Waals surface area (Å²) in [7, 11) is -7.41. The van der Waals surface area contributed by atoms with Gasteiger partial charge in [-0.15, -0.1) is 3.33 Å². The first kappa shape index (κ1) is 30.4. The number of benzene rings is 2. The highest BCUT2D eigenvalue weighted by Crippen LogP contribution is 2.25. The van der Waals surface area contributed by atoms with Crippen LogP contribution in [0.4, 0.5) is 5.69 Å². The quantitative estimate of drug-likeness (QED) is 0.275. The second kappa shape index (κ2) is 12.6. The number of nitrogens with zero attached hydrogens (tertiary/aromatic N) is 5. The highest BCUT2D eigenvalue weighted by molar-refractivity contribution is 9.08. The second-order valence-electron chi connectivity index (χ2n) is 10.2. The first-order chi connectivity index (χ1) is 20.0. The molecule has 5 rings (SSSR count). The van der Waals surface area contributed by atoms with Crippen LogP contribution in [0.2, 0.25) is 0 Å². The van der Waals surface area contributed by atoms with E-state index >= 15 is 0 Å². The Labute approximate surface area is 253 Å². The Balaban J connectivity index is 1.32. The summed E-state index contributed by atoms with van der Waals surface area (Å²) in [5, 5.41) is 3.30. The number of anilines is 1. The Morgan fingerprint density at radius 3 is 2.24 bits per heavy atom. The maximum Gasteiger partial charge on any atom is 0.252 e. The molecule has 0 radical (unpaired) electrons. The van der Waals surface area contributed by atoms with Crippen LogP contribution in [-0.4, -0.2) is 104 Å². The molecule has 0 bridgehead atoms. The predicted octanol–water partition coefficient (Wildman–Crippen LogP) is 1.26. The van der Waals surface area contributed by atoms with Crippen LogP contribution in [-0.2, 0) is 29.4 Å². The Bertz CT molecular complexity index is 1650. The lowest BCUT2D eigenvalue weighted by atomic mass is 10.1. The SMILES string of the molecule is O=C(NN1CCN(c2ccncc2)CC1)C(CN(Br)S(=O)(=O)c1ccc2ccccc2c1)C(=O)N1CCS(=O)(=O)CC1. The molecular weight excluding hydrogens is 648 g/mol. The van der Waals surface area contributed by atoms with Gasteiger partial charge in [0.15, 0.2) is 9.84 Å². The van der Waals surface area contributed by atoms with Gasteiger partial charge in [0.2, 0.25) is 11.8 Å². The average Bonchev–Trinajstić information content (AvgIpc) is 3.00. The number of hydrogen-bond acceptors (Lipinski definition) is 9. The van der Waals surface area contributed by atoms with Crippen LogP contribution in [0.1, 0.15) is 0 Å². The lowest BCUT2D eigenvalue weighted by Gasteiger charge is -2.37. The number of nitrogens with one attached hydrogen (secondary N) is 1. The molecule has 1 aromatic heterocycles.